The first-order valence-corrected chi connectivity index (χ1v) is 4.53. The predicted octanol–water partition coefficient (Wildman–Crippen LogP) is 1.77. The van der Waals surface area contributed by atoms with Gasteiger partial charge in [-0.3, -0.25) is 4.79 Å². The number of anilines is 1. The number of nitrogen functional groups attached to an aromatic ring is 1. The van der Waals surface area contributed by atoms with Crippen molar-refractivity contribution < 1.29 is 13.6 Å². The average Bonchev–Trinajstić information content (AvgIpc) is 2.70. The molecule has 1 aromatic carbocycles. The molecule has 0 aliphatic carbocycles. The number of furan rings is 1. The van der Waals surface area contributed by atoms with Gasteiger partial charge in [0.25, 0.3) is 5.91 Å². The molecule has 0 radical (unpaired) electrons. The number of primary amides is 1. The van der Waals surface area contributed by atoms with Crippen LogP contribution in [0.5, 0.6) is 0 Å². The minimum Gasteiger partial charge on any atom is -0.451 e. The van der Waals surface area contributed by atoms with Crippen molar-refractivity contribution in [2.45, 2.75) is 0 Å². The summed E-state index contributed by atoms with van der Waals surface area (Å²) in [5.74, 6) is -0.967. The molecule has 4 N–H and O–H groups in total. The van der Waals surface area contributed by atoms with E-state index in [0.29, 0.717) is 5.69 Å². The lowest BCUT2D eigenvalue weighted by Crippen LogP contribution is -2.09. The van der Waals surface area contributed by atoms with Crippen LogP contribution in [0.15, 0.2) is 34.7 Å². The molecule has 1 amide bonds. The summed E-state index contributed by atoms with van der Waals surface area (Å²) >= 11 is 0. The van der Waals surface area contributed by atoms with Gasteiger partial charge in [0.1, 0.15) is 11.6 Å². The van der Waals surface area contributed by atoms with Gasteiger partial charge in [0, 0.05) is 5.69 Å². The third-order valence-corrected chi connectivity index (χ3v) is 2.10. The molecule has 0 saturated carbocycles. The zero-order chi connectivity index (χ0) is 11.7. The van der Waals surface area contributed by atoms with Crippen LogP contribution in [-0.4, -0.2) is 5.91 Å². The molecule has 0 unspecified atom stereocenters. The van der Waals surface area contributed by atoms with Crippen LogP contribution >= 0.6 is 0 Å². The Bertz CT molecular complexity index is 549. The van der Waals surface area contributed by atoms with Crippen molar-refractivity contribution in [2.75, 3.05) is 5.73 Å². The van der Waals surface area contributed by atoms with Crippen molar-refractivity contribution in [1.29, 1.82) is 0 Å². The highest BCUT2D eigenvalue weighted by molar-refractivity contribution is 5.90. The Morgan fingerprint density at radius 2 is 2.00 bits per heavy atom. The SMILES string of the molecule is NC(=O)c1ccc(-c2cc(N)ccc2F)o1. The standard InChI is InChI=1S/C11H9FN2O2/c12-8-2-1-6(13)5-7(8)9-3-4-10(16-9)11(14)15/h1-5H,13H2,(H2,14,15). The van der Waals surface area contributed by atoms with E-state index in [1.54, 1.807) is 0 Å². The van der Waals surface area contributed by atoms with E-state index in [0.717, 1.165) is 0 Å². The minimum absolute atomic E-state index is 0.0168. The molecular formula is C11H9FN2O2. The second kappa shape index (κ2) is 3.69. The summed E-state index contributed by atoms with van der Waals surface area (Å²) < 4.78 is 18.5. The van der Waals surface area contributed by atoms with Crippen molar-refractivity contribution in [3.8, 4) is 11.3 Å². The number of carbonyl (C=O) groups excluding carboxylic acids is 1. The summed E-state index contributed by atoms with van der Waals surface area (Å²) in [5.41, 5.74) is 11.2. The van der Waals surface area contributed by atoms with Crippen LogP contribution < -0.4 is 11.5 Å². The second-order valence-corrected chi connectivity index (χ2v) is 3.27. The molecule has 0 aliphatic rings. The van der Waals surface area contributed by atoms with Crippen molar-refractivity contribution in [3.05, 3.63) is 41.9 Å². The topological polar surface area (TPSA) is 82.2 Å². The molecule has 0 saturated heterocycles. The van der Waals surface area contributed by atoms with Gasteiger partial charge in [-0.05, 0) is 30.3 Å². The molecule has 5 heteroatoms. The molecule has 2 aromatic rings. The predicted molar refractivity (Wildman–Crippen MR) is 57.0 cm³/mol. The summed E-state index contributed by atoms with van der Waals surface area (Å²) in [5, 5.41) is 0. The van der Waals surface area contributed by atoms with E-state index in [-0.39, 0.29) is 17.1 Å². The lowest BCUT2D eigenvalue weighted by molar-refractivity contribution is 0.0974. The fourth-order valence-corrected chi connectivity index (χ4v) is 1.35. The van der Waals surface area contributed by atoms with Gasteiger partial charge in [0.15, 0.2) is 5.76 Å². The first-order valence-electron chi connectivity index (χ1n) is 4.53. The zero-order valence-electron chi connectivity index (χ0n) is 8.24. The van der Waals surface area contributed by atoms with Gasteiger partial charge in [-0.2, -0.15) is 0 Å². The third-order valence-electron chi connectivity index (χ3n) is 2.10. The lowest BCUT2D eigenvalue weighted by Gasteiger charge is -2.00. The number of halogens is 1. The first kappa shape index (κ1) is 10.2. The number of hydrogen-bond acceptors (Lipinski definition) is 3. The van der Waals surface area contributed by atoms with Gasteiger partial charge >= 0.3 is 0 Å². The van der Waals surface area contributed by atoms with E-state index < -0.39 is 11.7 Å². The number of amides is 1. The van der Waals surface area contributed by atoms with Crippen molar-refractivity contribution in [3.63, 3.8) is 0 Å². The van der Waals surface area contributed by atoms with Crippen LogP contribution in [0.4, 0.5) is 10.1 Å². The number of benzene rings is 1. The maximum absolute atomic E-state index is 13.4. The van der Waals surface area contributed by atoms with Crippen LogP contribution in [0.1, 0.15) is 10.6 Å². The lowest BCUT2D eigenvalue weighted by atomic mass is 10.1. The molecule has 0 fully saturated rings. The molecule has 1 aromatic heterocycles. The zero-order valence-corrected chi connectivity index (χ0v) is 8.24. The molecule has 0 aliphatic heterocycles. The third kappa shape index (κ3) is 1.75. The summed E-state index contributed by atoms with van der Waals surface area (Å²) in [6.45, 7) is 0. The van der Waals surface area contributed by atoms with Crippen molar-refractivity contribution in [2.24, 2.45) is 5.73 Å². The molecule has 82 valence electrons. The summed E-state index contributed by atoms with van der Waals surface area (Å²) in [4.78, 5) is 10.8. The average molecular weight is 220 g/mol. The van der Waals surface area contributed by atoms with E-state index in [1.807, 2.05) is 0 Å². The largest absolute Gasteiger partial charge is 0.451 e. The quantitative estimate of drug-likeness (QED) is 0.756. The van der Waals surface area contributed by atoms with Gasteiger partial charge < -0.3 is 15.9 Å². The molecule has 2 rings (SSSR count). The number of rotatable bonds is 2. The van der Waals surface area contributed by atoms with E-state index in [9.17, 15) is 9.18 Å². The summed E-state index contributed by atoms with van der Waals surface area (Å²) in [6.07, 6.45) is 0. The number of hydrogen-bond donors (Lipinski definition) is 2. The van der Waals surface area contributed by atoms with E-state index >= 15 is 0 Å². The van der Waals surface area contributed by atoms with Gasteiger partial charge in [-0.25, -0.2) is 4.39 Å². The minimum atomic E-state index is -0.699. The highest BCUT2D eigenvalue weighted by Crippen LogP contribution is 2.26. The smallest absolute Gasteiger partial charge is 0.284 e. The number of nitrogens with two attached hydrogens (primary N) is 2. The second-order valence-electron chi connectivity index (χ2n) is 3.27. The van der Waals surface area contributed by atoms with Crippen LogP contribution in [-0.2, 0) is 0 Å². The Hall–Kier alpha value is -2.30. The summed E-state index contributed by atoms with van der Waals surface area (Å²) in [7, 11) is 0. The fraction of sp³-hybridized carbons (Fsp3) is 0. The molecule has 1 heterocycles. The Kier molecular flexibility index (Phi) is 2.36. The van der Waals surface area contributed by atoms with Gasteiger partial charge in [-0.1, -0.05) is 0 Å². The fourth-order valence-electron chi connectivity index (χ4n) is 1.35. The Labute approximate surface area is 90.7 Å². The highest BCUT2D eigenvalue weighted by Gasteiger charge is 2.12. The van der Waals surface area contributed by atoms with Gasteiger partial charge in [-0.15, -0.1) is 0 Å². The monoisotopic (exact) mass is 220 g/mol. The maximum Gasteiger partial charge on any atom is 0.284 e. The van der Waals surface area contributed by atoms with E-state index in [4.69, 9.17) is 15.9 Å². The normalized spacial score (nSPS) is 10.3. The van der Waals surface area contributed by atoms with E-state index in [2.05, 4.69) is 0 Å². The molecular weight excluding hydrogens is 211 g/mol. The summed E-state index contributed by atoms with van der Waals surface area (Å²) in [6, 6.07) is 6.96. The molecule has 16 heavy (non-hydrogen) atoms. The van der Waals surface area contributed by atoms with Crippen LogP contribution in [0.3, 0.4) is 0 Å². The van der Waals surface area contributed by atoms with Crippen LogP contribution in [0, 0.1) is 5.82 Å². The Morgan fingerprint density at radius 1 is 1.25 bits per heavy atom. The first-order chi connectivity index (χ1) is 7.58. The van der Waals surface area contributed by atoms with Gasteiger partial charge in [0.05, 0.1) is 5.56 Å². The molecule has 4 nitrogen and oxygen atoms in total. The number of carbonyl (C=O) groups is 1. The van der Waals surface area contributed by atoms with Gasteiger partial charge in [0.2, 0.25) is 0 Å². The van der Waals surface area contributed by atoms with Crippen LogP contribution in [0.2, 0.25) is 0 Å². The van der Waals surface area contributed by atoms with E-state index in [1.165, 1.54) is 30.3 Å². The van der Waals surface area contributed by atoms with Crippen molar-refractivity contribution >= 4 is 11.6 Å². The maximum atomic E-state index is 13.4. The molecule has 0 spiro atoms. The Morgan fingerprint density at radius 3 is 2.62 bits per heavy atom. The Balaban J connectivity index is 2.50. The highest BCUT2D eigenvalue weighted by atomic mass is 19.1. The molecule has 0 bridgehead atoms. The molecule has 0 atom stereocenters. The van der Waals surface area contributed by atoms with Crippen LogP contribution in [0.25, 0.3) is 11.3 Å². The van der Waals surface area contributed by atoms with Crippen molar-refractivity contribution in [1.82, 2.24) is 0 Å².